The van der Waals surface area contributed by atoms with Crippen LogP contribution in [0.5, 0.6) is 0 Å². The standard InChI is InChI=1S/C12H15F3N4O/c13-12(14,15)20-8-1-7(2-8)19-3-9(17-18-19)10-4-11(16,5-10)6-10/h3,7-8H,1-2,4-6,16H2/t7-,8+,10?,11?. The summed E-state index contributed by atoms with van der Waals surface area (Å²) in [4.78, 5) is 0. The summed E-state index contributed by atoms with van der Waals surface area (Å²) in [6.07, 6.45) is 0.0642. The molecule has 1 aromatic rings. The van der Waals surface area contributed by atoms with Crippen LogP contribution in [0, 0.1) is 0 Å². The fourth-order valence-electron chi connectivity index (χ4n) is 3.88. The quantitative estimate of drug-likeness (QED) is 0.918. The van der Waals surface area contributed by atoms with E-state index in [-0.39, 0.29) is 17.0 Å². The van der Waals surface area contributed by atoms with Crippen molar-refractivity contribution in [3.63, 3.8) is 0 Å². The maximum Gasteiger partial charge on any atom is 0.522 e. The van der Waals surface area contributed by atoms with Gasteiger partial charge in [0.2, 0.25) is 0 Å². The molecule has 0 radical (unpaired) electrons. The fraction of sp³-hybridized carbons (Fsp3) is 0.833. The molecule has 0 spiro atoms. The minimum Gasteiger partial charge on any atom is -0.325 e. The van der Waals surface area contributed by atoms with Crippen LogP contribution in [0.1, 0.15) is 43.8 Å². The fourth-order valence-corrected chi connectivity index (χ4v) is 3.88. The Morgan fingerprint density at radius 1 is 1.30 bits per heavy atom. The molecule has 5 rings (SSSR count). The van der Waals surface area contributed by atoms with E-state index in [1.807, 2.05) is 6.20 Å². The first kappa shape index (κ1) is 12.6. The molecule has 1 heterocycles. The predicted molar refractivity (Wildman–Crippen MR) is 61.7 cm³/mol. The molecular formula is C12H15F3N4O. The van der Waals surface area contributed by atoms with Crippen LogP contribution < -0.4 is 5.73 Å². The van der Waals surface area contributed by atoms with Crippen molar-refractivity contribution in [2.45, 2.75) is 61.6 Å². The van der Waals surface area contributed by atoms with Crippen LogP contribution in [0.15, 0.2) is 6.20 Å². The number of hydrogen-bond acceptors (Lipinski definition) is 4. The minimum atomic E-state index is -4.55. The largest absolute Gasteiger partial charge is 0.522 e. The molecule has 2 bridgehead atoms. The molecule has 0 unspecified atom stereocenters. The van der Waals surface area contributed by atoms with Gasteiger partial charge in [-0.05, 0) is 32.1 Å². The Hall–Kier alpha value is -1.15. The number of nitrogens with two attached hydrogens (primary N) is 1. The molecule has 0 atom stereocenters. The number of nitrogens with zero attached hydrogens (tertiary/aromatic N) is 3. The predicted octanol–water partition coefficient (Wildman–Crippen LogP) is 1.65. The highest BCUT2D eigenvalue weighted by atomic mass is 19.4. The van der Waals surface area contributed by atoms with Crippen LogP contribution in [0.3, 0.4) is 0 Å². The Labute approximate surface area is 113 Å². The topological polar surface area (TPSA) is 66.0 Å². The van der Waals surface area contributed by atoms with E-state index >= 15 is 0 Å². The van der Waals surface area contributed by atoms with Crippen molar-refractivity contribution in [2.24, 2.45) is 5.73 Å². The number of rotatable bonds is 3. The summed E-state index contributed by atoms with van der Waals surface area (Å²) in [6, 6.07) is -0.0391. The highest BCUT2D eigenvalue weighted by Crippen LogP contribution is 2.66. The Kier molecular flexibility index (Phi) is 2.23. The molecule has 0 saturated heterocycles. The van der Waals surface area contributed by atoms with Gasteiger partial charge in [0.15, 0.2) is 0 Å². The van der Waals surface area contributed by atoms with Gasteiger partial charge in [0, 0.05) is 17.2 Å². The zero-order valence-corrected chi connectivity index (χ0v) is 10.7. The third kappa shape index (κ3) is 1.77. The van der Waals surface area contributed by atoms with E-state index in [0.29, 0.717) is 12.8 Å². The molecule has 1 aromatic heterocycles. The molecule has 0 aromatic carbocycles. The monoisotopic (exact) mass is 288 g/mol. The lowest BCUT2D eigenvalue weighted by molar-refractivity contribution is -0.353. The van der Waals surface area contributed by atoms with Crippen LogP contribution in [0.2, 0.25) is 0 Å². The van der Waals surface area contributed by atoms with Crippen LogP contribution in [-0.2, 0) is 10.2 Å². The van der Waals surface area contributed by atoms with Crippen LogP contribution in [0.25, 0.3) is 0 Å². The van der Waals surface area contributed by atoms with Gasteiger partial charge in [-0.1, -0.05) is 5.21 Å². The molecule has 4 aliphatic rings. The van der Waals surface area contributed by atoms with Crippen LogP contribution in [0.4, 0.5) is 13.2 Å². The van der Waals surface area contributed by atoms with Gasteiger partial charge in [-0.25, -0.2) is 4.68 Å². The maximum atomic E-state index is 12.0. The Bertz CT molecular complexity index is 529. The first-order chi connectivity index (χ1) is 9.27. The SMILES string of the molecule is NC12CC(c3cn([C@H]4C[C@@H](OC(F)(F)F)C4)nn3)(C1)C2. The van der Waals surface area contributed by atoms with Gasteiger partial charge in [-0.3, -0.25) is 4.74 Å². The van der Waals surface area contributed by atoms with Gasteiger partial charge in [-0.15, -0.1) is 18.3 Å². The van der Waals surface area contributed by atoms with E-state index < -0.39 is 12.5 Å². The first-order valence-corrected chi connectivity index (χ1v) is 6.73. The van der Waals surface area contributed by atoms with Gasteiger partial charge >= 0.3 is 6.36 Å². The second-order valence-corrected chi connectivity index (χ2v) is 6.57. The summed E-state index contributed by atoms with van der Waals surface area (Å²) in [5.74, 6) is 0. The Balaban J connectivity index is 1.37. The van der Waals surface area contributed by atoms with E-state index in [2.05, 4.69) is 15.0 Å². The molecule has 0 amide bonds. The lowest BCUT2D eigenvalue weighted by Gasteiger charge is -2.68. The van der Waals surface area contributed by atoms with Crippen molar-refractivity contribution >= 4 is 0 Å². The zero-order chi connectivity index (χ0) is 14.2. The smallest absolute Gasteiger partial charge is 0.325 e. The number of hydrogen-bond donors (Lipinski definition) is 1. The normalized spacial score (nSPS) is 42.6. The minimum absolute atomic E-state index is 0.00585. The molecule has 8 heteroatoms. The second kappa shape index (κ2) is 3.54. The number of alkyl halides is 3. The lowest BCUT2D eigenvalue weighted by atomic mass is 9.39. The molecule has 4 saturated carbocycles. The van der Waals surface area contributed by atoms with E-state index in [9.17, 15) is 13.2 Å². The van der Waals surface area contributed by atoms with Gasteiger partial charge < -0.3 is 5.73 Å². The molecule has 0 aliphatic heterocycles. The second-order valence-electron chi connectivity index (χ2n) is 6.57. The summed E-state index contributed by atoms with van der Waals surface area (Å²) >= 11 is 0. The third-order valence-electron chi connectivity index (χ3n) is 4.87. The first-order valence-electron chi connectivity index (χ1n) is 6.73. The summed E-state index contributed by atoms with van der Waals surface area (Å²) in [7, 11) is 0. The maximum absolute atomic E-state index is 12.0. The van der Waals surface area contributed by atoms with E-state index in [0.717, 1.165) is 25.0 Å². The van der Waals surface area contributed by atoms with E-state index in [1.165, 1.54) is 0 Å². The zero-order valence-electron chi connectivity index (χ0n) is 10.7. The van der Waals surface area contributed by atoms with Gasteiger partial charge in [0.05, 0.1) is 17.8 Å². The summed E-state index contributed by atoms with van der Waals surface area (Å²) in [5.41, 5.74) is 7.05. The summed E-state index contributed by atoms with van der Waals surface area (Å²) in [6.45, 7) is 0. The van der Waals surface area contributed by atoms with Crippen molar-refractivity contribution in [3.05, 3.63) is 11.9 Å². The van der Waals surface area contributed by atoms with Crippen molar-refractivity contribution in [1.29, 1.82) is 0 Å². The average Bonchev–Trinajstić information content (AvgIpc) is 2.64. The third-order valence-corrected chi connectivity index (χ3v) is 4.87. The molecule has 4 aliphatic carbocycles. The summed E-state index contributed by atoms with van der Waals surface area (Å²) < 4.78 is 41.8. The van der Waals surface area contributed by atoms with Crippen molar-refractivity contribution in [2.75, 3.05) is 0 Å². The van der Waals surface area contributed by atoms with Crippen molar-refractivity contribution in [1.82, 2.24) is 15.0 Å². The van der Waals surface area contributed by atoms with E-state index in [4.69, 9.17) is 5.73 Å². The lowest BCUT2D eigenvalue weighted by Crippen LogP contribution is -2.74. The number of ether oxygens (including phenoxy) is 1. The van der Waals surface area contributed by atoms with Crippen molar-refractivity contribution in [3.8, 4) is 0 Å². The Morgan fingerprint density at radius 3 is 2.50 bits per heavy atom. The molecule has 5 nitrogen and oxygen atoms in total. The molecular weight excluding hydrogens is 273 g/mol. The number of aromatic nitrogens is 3. The number of halogens is 3. The molecule has 20 heavy (non-hydrogen) atoms. The van der Waals surface area contributed by atoms with Crippen LogP contribution >= 0.6 is 0 Å². The summed E-state index contributed by atoms with van der Waals surface area (Å²) in [5, 5.41) is 8.23. The van der Waals surface area contributed by atoms with Gasteiger partial charge in [0.25, 0.3) is 0 Å². The highest BCUT2D eigenvalue weighted by Gasteiger charge is 2.67. The average molecular weight is 288 g/mol. The molecule has 2 N–H and O–H groups in total. The highest BCUT2D eigenvalue weighted by molar-refractivity contribution is 5.36. The molecule has 110 valence electrons. The molecule has 4 fully saturated rings. The van der Waals surface area contributed by atoms with Crippen molar-refractivity contribution < 1.29 is 17.9 Å². The Morgan fingerprint density at radius 2 is 1.95 bits per heavy atom. The van der Waals surface area contributed by atoms with Crippen LogP contribution in [-0.4, -0.2) is 33.0 Å². The van der Waals surface area contributed by atoms with Gasteiger partial charge in [-0.2, -0.15) is 0 Å². The van der Waals surface area contributed by atoms with E-state index in [1.54, 1.807) is 4.68 Å². The van der Waals surface area contributed by atoms with Gasteiger partial charge in [0.1, 0.15) is 0 Å².